The van der Waals surface area contributed by atoms with Crippen LogP contribution in [0.4, 0.5) is 24.3 Å². The molecule has 0 atom stereocenters. The Labute approximate surface area is 184 Å². The zero-order chi connectivity index (χ0) is 23.3. The second-order valence-electron chi connectivity index (χ2n) is 5.55. The fourth-order valence-corrected chi connectivity index (χ4v) is 3.56. The third kappa shape index (κ3) is 6.04. The molecule has 0 amide bonds. The number of fused-ring (bicyclic) bond motifs is 1. The van der Waals surface area contributed by atoms with Crippen LogP contribution in [-0.2, 0) is 11.2 Å². The lowest BCUT2D eigenvalue weighted by atomic mass is 10.3. The van der Waals surface area contributed by atoms with Gasteiger partial charge in [-0.15, -0.1) is 11.3 Å². The summed E-state index contributed by atoms with van der Waals surface area (Å²) in [4.78, 5) is 35.8. The third-order valence-corrected chi connectivity index (χ3v) is 5.08. The monoisotopic (exact) mass is 525 g/mol. The summed E-state index contributed by atoms with van der Waals surface area (Å²) in [6.07, 6.45) is -4.28. The van der Waals surface area contributed by atoms with Crippen LogP contribution in [0.1, 0.15) is 30.0 Å². The van der Waals surface area contributed by atoms with Crippen molar-refractivity contribution in [2.45, 2.75) is 26.4 Å². The summed E-state index contributed by atoms with van der Waals surface area (Å²) < 4.78 is 38.2. The van der Waals surface area contributed by atoms with Crippen LogP contribution in [0.3, 0.4) is 0 Å². The highest BCUT2D eigenvalue weighted by Gasteiger charge is 2.38. The molecule has 0 saturated heterocycles. The standard InChI is InChI=1S/C14H14BrN5O3S.C2HF3O2/c1-3-6-9(15)8-10(16-6)18-13(19-11(8)23-4-2)20-14-17-7(5-24-14)12(21)22;3-2(4,5)1(6)7/h5H,3-4H2,1-2H3,(H,21,22)(H2,16,17,18,19,20);(H,6,7). The smallest absolute Gasteiger partial charge is 0.477 e. The van der Waals surface area contributed by atoms with Crippen molar-refractivity contribution in [2.24, 2.45) is 0 Å². The highest BCUT2D eigenvalue weighted by molar-refractivity contribution is 9.10. The maximum atomic E-state index is 10.9. The largest absolute Gasteiger partial charge is 0.490 e. The number of thiazole rings is 1. The molecule has 3 aromatic heterocycles. The van der Waals surface area contributed by atoms with E-state index < -0.39 is 18.1 Å². The molecule has 10 nitrogen and oxygen atoms in total. The van der Waals surface area contributed by atoms with Gasteiger partial charge in [-0.3, -0.25) is 5.32 Å². The van der Waals surface area contributed by atoms with Crippen molar-refractivity contribution >= 4 is 61.3 Å². The predicted octanol–water partition coefficient (Wildman–Crippen LogP) is 4.21. The van der Waals surface area contributed by atoms with E-state index in [9.17, 15) is 18.0 Å². The molecule has 3 rings (SSSR count). The summed E-state index contributed by atoms with van der Waals surface area (Å²) in [5.74, 6) is -3.10. The molecule has 4 N–H and O–H groups in total. The van der Waals surface area contributed by atoms with E-state index in [0.717, 1.165) is 22.0 Å². The number of aromatic amines is 1. The van der Waals surface area contributed by atoms with E-state index in [2.05, 4.69) is 41.2 Å². The van der Waals surface area contributed by atoms with Crippen molar-refractivity contribution in [2.75, 3.05) is 11.9 Å². The van der Waals surface area contributed by atoms with Crippen molar-refractivity contribution in [3.8, 4) is 5.88 Å². The van der Waals surface area contributed by atoms with Crippen LogP contribution in [-0.4, -0.2) is 54.9 Å². The number of hydrogen-bond acceptors (Lipinski definition) is 8. The highest BCUT2D eigenvalue weighted by atomic mass is 79.9. The summed E-state index contributed by atoms with van der Waals surface area (Å²) >= 11 is 4.72. The number of rotatable bonds is 6. The van der Waals surface area contributed by atoms with E-state index >= 15 is 0 Å². The number of halogens is 4. The number of carboxylic acids is 2. The Bertz CT molecular complexity index is 1100. The lowest BCUT2D eigenvalue weighted by Gasteiger charge is -2.07. The van der Waals surface area contributed by atoms with Crippen LogP contribution in [0.2, 0.25) is 0 Å². The Morgan fingerprint density at radius 1 is 1.26 bits per heavy atom. The number of H-pyrrole nitrogens is 1. The van der Waals surface area contributed by atoms with Crippen molar-refractivity contribution in [3.05, 3.63) is 21.2 Å². The van der Waals surface area contributed by atoms with Crippen LogP contribution in [0, 0.1) is 0 Å². The Kier molecular flexibility index (Phi) is 7.78. The molecule has 31 heavy (non-hydrogen) atoms. The van der Waals surface area contributed by atoms with E-state index in [-0.39, 0.29) is 11.6 Å². The number of ether oxygens (including phenoxy) is 1. The average Bonchev–Trinajstić information content (AvgIpc) is 3.26. The number of hydrogen-bond donors (Lipinski definition) is 4. The van der Waals surface area contributed by atoms with Crippen LogP contribution < -0.4 is 10.1 Å². The molecule has 3 aromatic rings. The number of aliphatic carboxylic acids is 1. The zero-order valence-corrected chi connectivity index (χ0v) is 18.3. The van der Waals surface area contributed by atoms with Gasteiger partial charge in [-0.25, -0.2) is 14.6 Å². The van der Waals surface area contributed by atoms with Gasteiger partial charge in [0.15, 0.2) is 10.8 Å². The zero-order valence-electron chi connectivity index (χ0n) is 15.9. The van der Waals surface area contributed by atoms with E-state index in [0.29, 0.717) is 23.3 Å². The lowest BCUT2D eigenvalue weighted by molar-refractivity contribution is -0.192. The van der Waals surface area contributed by atoms with Crippen molar-refractivity contribution < 1.29 is 37.7 Å². The normalized spacial score (nSPS) is 11.0. The van der Waals surface area contributed by atoms with Crippen molar-refractivity contribution in [3.63, 3.8) is 0 Å². The van der Waals surface area contributed by atoms with Crippen LogP contribution in [0.5, 0.6) is 5.88 Å². The van der Waals surface area contributed by atoms with Gasteiger partial charge < -0.3 is 19.9 Å². The second kappa shape index (κ2) is 9.91. The van der Waals surface area contributed by atoms with Gasteiger partial charge >= 0.3 is 18.1 Å². The number of nitrogens with zero attached hydrogens (tertiary/aromatic N) is 3. The SMILES string of the molecule is CCOc1nc(Nc2nc(C(=O)O)cs2)nc2[nH]c(CC)c(Br)c12.O=C(O)C(F)(F)F. The molecular formula is C16H15BrF3N5O5S. The Morgan fingerprint density at radius 2 is 1.90 bits per heavy atom. The number of aromatic nitrogens is 4. The first-order valence-electron chi connectivity index (χ1n) is 8.44. The van der Waals surface area contributed by atoms with Gasteiger partial charge in [0.25, 0.3) is 0 Å². The predicted molar refractivity (Wildman–Crippen MR) is 108 cm³/mol. The average molecular weight is 526 g/mol. The lowest BCUT2D eigenvalue weighted by Crippen LogP contribution is -2.21. The summed E-state index contributed by atoms with van der Waals surface area (Å²) in [5, 5.41) is 21.6. The van der Waals surface area contributed by atoms with Crippen molar-refractivity contribution in [1.82, 2.24) is 19.9 Å². The molecule has 0 bridgehead atoms. The number of alkyl halides is 3. The van der Waals surface area contributed by atoms with Gasteiger partial charge in [0.2, 0.25) is 11.8 Å². The van der Waals surface area contributed by atoms with E-state index in [1.165, 1.54) is 16.7 Å². The van der Waals surface area contributed by atoms with Gasteiger partial charge in [-0.2, -0.15) is 23.1 Å². The number of aryl methyl sites for hydroxylation is 1. The summed E-state index contributed by atoms with van der Waals surface area (Å²) in [6.45, 7) is 4.37. The highest BCUT2D eigenvalue weighted by Crippen LogP contribution is 2.34. The summed E-state index contributed by atoms with van der Waals surface area (Å²) in [5.41, 5.74) is 1.61. The molecule has 15 heteroatoms. The molecule has 168 valence electrons. The molecule has 3 heterocycles. The molecule has 0 aliphatic rings. The molecular weight excluding hydrogens is 511 g/mol. The van der Waals surface area contributed by atoms with Gasteiger partial charge in [-0.05, 0) is 29.3 Å². The van der Waals surface area contributed by atoms with Crippen LogP contribution >= 0.6 is 27.3 Å². The topological polar surface area (TPSA) is 150 Å². The van der Waals surface area contributed by atoms with Gasteiger partial charge in [0, 0.05) is 11.1 Å². The third-order valence-electron chi connectivity index (χ3n) is 3.45. The first-order chi connectivity index (χ1) is 14.5. The number of aromatic carboxylic acids is 1. The minimum absolute atomic E-state index is 0.0236. The maximum absolute atomic E-state index is 10.9. The van der Waals surface area contributed by atoms with Crippen LogP contribution in [0.25, 0.3) is 11.0 Å². The first kappa shape index (κ1) is 24.3. The number of nitrogens with one attached hydrogen (secondary N) is 2. The summed E-state index contributed by atoms with van der Waals surface area (Å²) in [6, 6.07) is 0. The Hall–Kier alpha value is -2.94. The first-order valence-corrected chi connectivity index (χ1v) is 10.1. The Morgan fingerprint density at radius 3 is 2.39 bits per heavy atom. The van der Waals surface area contributed by atoms with Crippen LogP contribution in [0.15, 0.2) is 9.85 Å². The maximum Gasteiger partial charge on any atom is 0.490 e. The molecule has 0 aliphatic heterocycles. The number of anilines is 2. The van der Waals surface area contributed by atoms with E-state index in [1.54, 1.807) is 0 Å². The molecule has 0 aliphatic carbocycles. The van der Waals surface area contributed by atoms with Gasteiger partial charge in [0.05, 0.1) is 16.5 Å². The van der Waals surface area contributed by atoms with E-state index in [4.69, 9.17) is 19.7 Å². The van der Waals surface area contributed by atoms with E-state index in [1.807, 2.05) is 13.8 Å². The molecule has 0 saturated carbocycles. The summed E-state index contributed by atoms with van der Waals surface area (Å²) in [7, 11) is 0. The number of carboxylic acid groups (broad SMARTS) is 2. The minimum Gasteiger partial charge on any atom is -0.477 e. The quantitative estimate of drug-likeness (QED) is 0.370. The van der Waals surface area contributed by atoms with Gasteiger partial charge in [-0.1, -0.05) is 6.92 Å². The Balaban J connectivity index is 0.000000423. The molecule has 0 radical (unpaired) electrons. The fraction of sp³-hybridized carbons (Fsp3) is 0.312. The van der Waals surface area contributed by atoms with Gasteiger partial charge in [0.1, 0.15) is 5.65 Å². The molecule has 0 spiro atoms. The minimum atomic E-state index is -5.08. The van der Waals surface area contributed by atoms with Crippen molar-refractivity contribution in [1.29, 1.82) is 0 Å². The number of carbonyl (C=O) groups is 2. The molecule has 0 unspecified atom stereocenters. The molecule has 0 aromatic carbocycles. The fourth-order valence-electron chi connectivity index (χ4n) is 2.14. The second-order valence-corrected chi connectivity index (χ2v) is 7.20. The molecule has 0 fully saturated rings.